The number of halogens is 3. The van der Waals surface area contributed by atoms with Crippen molar-refractivity contribution in [1.29, 1.82) is 5.26 Å². The molecule has 0 saturated heterocycles. The first-order valence-corrected chi connectivity index (χ1v) is 10.3. The van der Waals surface area contributed by atoms with E-state index in [-0.39, 0.29) is 58.0 Å². The van der Waals surface area contributed by atoms with E-state index in [9.17, 15) is 18.8 Å². The van der Waals surface area contributed by atoms with Gasteiger partial charge >= 0.3 is 0 Å². The number of fused-ring (bicyclic) bond motifs is 1. The van der Waals surface area contributed by atoms with Gasteiger partial charge in [-0.25, -0.2) is 13.8 Å². The van der Waals surface area contributed by atoms with E-state index >= 15 is 0 Å². The van der Waals surface area contributed by atoms with Gasteiger partial charge in [0, 0.05) is 19.0 Å². The van der Waals surface area contributed by atoms with Crippen molar-refractivity contribution >= 4 is 40.1 Å². The summed E-state index contributed by atoms with van der Waals surface area (Å²) in [5.41, 5.74) is 11.8. The standard InChI is InChI=1S/C22H17ClF2N8O/c1-10-2-3-15(23)17-18(10)30-16(33(21(17)34)13-7-11(24)6-12(25)8-13)4-5-29-20-14(9-26)19(27)31-22(28)32-20/h2-3,6-8H,4-5H2,1H3,(H5,27,28,29,31,32). The van der Waals surface area contributed by atoms with E-state index in [1.807, 2.05) is 6.07 Å². The highest BCUT2D eigenvalue weighted by Gasteiger charge is 2.18. The van der Waals surface area contributed by atoms with Crippen molar-refractivity contribution in [2.45, 2.75) is 13.3 Å². The number of nitriles is 1. The molecule has 0 fully saturated rings. The molecule has 0 aliphatic heterocycles. The smallest absolute Gasteiger partial charge is 0.267 e. The van der Waals surface area contributed by atoms with Gasteiger partial charge in [-0.15, -0.1) is 0 Å². The van der Waals surface area contributed by atoms with Gasteiger partial charge < -0.3 is 16.8 Å². The van der Waals surface area contributed by atoms with Crippen LogP contribution in [-0.2, 0) is 6.42 Å². The van der Waals surface area contributed by atoms with E-state index in [4.69, 9.17) is 23.1 Å². The molecule has 12 heteroatoms. The van der Waals surface area contributed by atoms with E-state index in [0.717, 1.165) is 16.7 Å². The highest BCUT2D eigenvalue weighted by atomic mass is 35.5. The van der Waals surface area contributed by atoms with Crippen molar-refractivity contribution in [1.82, 2.24) is 19.5 Å². The monoisotopic (exact) mass is 482 g/mol. The van der Waals surface area contributed by atoms with Crippen LogP contribution in [0.2, 0.25) is 5.02 Å². The van der Waals surface area contributed by atoms with Gasteiger partial charge in [0.1, 0.15) is 34.9 Å². The van der Waals surface area contributed by atoms with Crippen LogP contribution in [0.5, 0.6) is 0 Å². The second-order valence-corrected chi connectivity index (χ2v) is 7.77. The van der Waals surface area contributed by atoms with E-state index < -0.39 is 17.2 Å². The third-order valence-corrected chi connectivity index (χ3v) is 5.37. The Morgan fingerprint density at radius 3 is 2.53 bits per heavy atom. The van der Waals surface area contributed by atoms with Gasteiger partial charge in [-0.3, -0.25) is 9.36 Å². The van der Waals surface area contributed by atoms with Crippen molar-refractivity contribution in [2.75, 3.05) is 23.3 Å². The average Bonchev–Trinajstić information content (AvgIpc) is 2.75. The fourth-order valence-electron chi connectivity index (χ4n) is 3.56. The van der Waals surface area contributed by atoms with Crippen molar-refractivity contribution in [3.8, 4) is 11.8 Å². The first kappa shape index (κ1) is 22.9. The Labute approximate surface area is 196 Å². The summed E-state index contributed by atoms with van der Waals surface area (Å²) in [5.74, 6) is -1.61. The molecule has 0 spiro atoms. The zero-order valence-electron chi connectivity index (χ0n) is 17.7. The van der Waals surface area contributed by atoms with Crippen LogP contribution in [0.15, 0.2) is 35.1 Å². The lowest BCUT2D eigenvalue weighted by Gasteiger charge is -2.16. The Morgan fingerprint density at radius 1 is 1.15 bits per heavy atom. The summed E-state index contributed by atoms with van der Waals surface area (Å²) >= 11 is 6.27. The molecule has 2 aromatic carbocycles. The largest absolute Gasteiger partial charge is 0.382 e. The van der Waals surface area contributed by atoms with Gasteiger partial charge in [-0.05, 0) is 30.7 Å². The number of aromatic nitrogens is 4. The van der Waals surface area contributed by atoms with Crippen LogP contribution >= 0.6 is 11.6 Å². The zero-order chi connectivity index (χ0) is 24.6. The number of hydrogen-bond donors (Lipinski definition) is 3. The molecule has 0 amide bonds. The minimum Gasteiger partial charge on any atom is -0.382 e. The topological polar surface area (TPSA) is 149 Å². The highest BCUT2D eigenvalue weighted by Crippen LogP contribution is 2.24. The third-order valence-electron chi connectivity index (χ3n) is 5.06. The van der Waals surface area contributed by atoms with E-state index in [1.54, 1.807) is 19.1 Å². The zero-order valence-corrected chi connectivity index (χ0v) is 18.5. The van der Waals surface area contributed by atoms with E-state index in [0.29, 0.717) is 17.1 Å². The SMILES string of the molecule is Cc1ccc(Cl)c2c(=O)n(-c3cc(F)cc(F)c3)c(CCNc3nc(N)nc(N)c3C#N)nc12. The molecule has 34 heavy (non-hydrogen) atoms. The average molecular weight is 483 g/mol. The number of nitrogens with two attached hydrogens (primary N) is 2. The minimum absolute atomic E-state index is 0.00730. The molecular formula is C22H17ClF2N8O. The van der Waals surface area contributed by atoms with Crippen molar-refractivity contribution in [3.63, 3.8) is 0 Å². The fraction of sp³-hybridized carbons (Fsp3) is 0.136. The molecule has 9 nitrogen and oxygen atoms in total. The normalized spacial score (nSPS) is 10.9. The number of benzene rings is 2. The Kier molecular flexibility index (Phi) is 6.00. The first-order chi connectivity index (χ1) is 16.2. The second-order valence-electron chi connectivity index (χ2n) is 7.36. The summed E-state index contributed by atoms with van der Waals surface area (Å²) in [7, 11) is 0. The molecule has 0 aliphatic rings. The summed E-state index contributed by atoms with van der Waals surface area (Å²) in [4.78, 5) is 25.8. The van der Waals surface area contributed by atoms with Gasteiger partial charge in [0.2, 0.25) is 5.95 Å². The molecule has 0 aliphatic carbocycles. The second kappa shape index (κ2) is 8.92. The Bertz CT molecular complexity index is 1530. The van der Waals surface area contributed by atoms with Gasteiger partial charge in [-0.2, -0.15) is 15.2 Å². The number of anilines is 3. The van der Waals surface area contributed by atoms with Crippen LogP contribution in [0.25, 0.3) is 16.6 Å². The lowest BCUT2D eigenvalue weighted by atomic mass is 10.1. The van der Waals surface area contributed by atoms with Gasteiger partial charge in [0.15, 0.2) is 5.82 Å². The van der Waals surface area contributed by atoms with Crippen LogP contribution in [0.4, 0.5) is 26.4 Å². The van der Waals surface area contributed by atoms with Gasteiger partial charge in [0.05, 0.1) is 21.6 Å². The van der Waals surface area contributed by atoms with Crippen LogP contribution in [0.1, 0.15) is 17.0 Å². The van der Waals surface area contributed by atoms with Crippen LogP contribution in [0.3, 0.4) is 0 Å². The number of rotatable bonds is 5. The van der Waals surface area contributed by atoms with E-state index in [2.05, 4.69) is 20.3 Å². The molecule has 4 aromatic rings. The molecule has 2 heterocycles. The quantitative estimate of drug-likeness (QED) is 0.393. The Morgan fingerprint density at radius 2 is 1.85 bits per heavy atom. The first-order valence-electron chi connectivity index (χ1n) is 9.93. The predicted molar refractivity (Wildman–Crippen MR) is 125 cm³/mol. The minimum atomic E-state index is -0.855. The van der Waals surface area contributed by atoms with Crippen LogP contribution in [-0.4, -0.2) is 26.1 Å². The predicted octanol–water partition coefficient (Wildman–Crippen LogP) is 3.11. The molecule has 5 N–H and O–H groups in total. The lowest BCUT2D eigenvalue weighted by molar-refractivity contribution is 0.580. The lowest BCUT2D eigenvalue weighted by Crippen LogP contribution is -2.26. The molecule has 0 unspecified atom stereocenters. The van der Waals surface area contributed by atoms with Crippen LogP contribution < -0.4 is 22.3 Å². The molecule has 0 saturated carbocycles. The number of nitrogens with one attached hydrogen (secondary N) is 1. The Balaban J connectivity index is 1.83. The molecule has 0 radical (unpaired) electrons. The maximum atomic E-state index is 14.0. The summed E-state index contributed by atoms with van der Waals surface area (Å²) in [6.45, 7) is 1.89. The van der Waals surface area contributed by atoms with E-state index in [1.165, 1.54) is 0 Å². The third kappa shape index (κ3) is 4.18. The van der Waals surface area contributed by atoms with Crippen molar-refractivity contribution in [3.05, 3.63) is 74.3 Å². The summed E-state index contributed by atoms with van der Waals surface area (Å²) < 4.78 is 29.1. The van der Waals surface area contributed by atoms with Gasteiger partial charge in [0.25, 0.3) is 5.56 Å². The molecule has 0 bridgehead atoms. The summed E-state index contributed by atoms with van der Waals surface area (Å²) in [6, 6.07) is 7.94. The number of nitrogens with zero attached hydrogens (tertiary/aromatic N) is 5. The fourth-order valence-corrected chi connectivity index (χ4v) is 3.79. The van der Waals surface area contributed by atoms with Gasteiger partial charge in [-0.1, -0.05) is 17.7 Å². The number of aryl methyl sites for hydroxylation is 1. The van der Waals surface area contributed by atoms with Crippen molar-refractivity contribution < 1.29 is 8.78 Å². The number of nitrogen functional groups attached to an aromatic ring is 2. The maximum absolute atomic E-state index is 14.0. The molecular weight excluding hydrogens is 466 g/mol. The maximum Gasteiger partial charge on any atom is 0.267 e. The Hall–Kier alpha value is -4.30. The molecule has 4 rings (SSSR count). The number of hydrogen-bond acceptors (Lipinski definition) is 8. The molecule has 2 aromatic heterocycles. The van der Waals surface area contributed by atoms with Crippen molar-refractivity contribution in [2.24, 2.45) is 0 Å². The van der Waals surface area contributed by atoms with Crippen LogP contribution in [0, 0.1) is 29.9 Å². The summed E-state index contributed by atoms with van der Waals surface area (Å²) in [6.07, 6.45) is 0.101. The highest BCUT2D eigenvalue weighted by molar-refractivity contribution is 6.35. The summed E-state index contributed by atoms with van der Waals surface area (Å²) in [5, 5.41) is 12.6. The molecule has 0 atom stereocenters. The molecule has 172 valence electrons.